The maximum Gasteiger partial charge on any atom is 0.338 e. The van der Waals surface area contributed by atoms with Gasteiger partial charge in [-0.15, -0.1) is 0 Å². The molecule has 4 heteroatoms. The summed E-state index contributed by atoms with van der Waals surface area (Å²) in [5.74, 6) is 1.70. The first kappa shape index (κ1) is 16.3. The third kappa shape index (κ3) is 2.97. The number of ether oxygens (including phenoxy) is 1. The number of Topliss-reactive ketones (excluding diaryl/α,β-unsaturated/α-hetero) is 1. The maximum atomic E-state index is 12.9. The Bertz CT molecular complexity index is 710. The van der Waals surface area contributed by atoms with E-state index in [1.54, 1.807) is 24.3 Å². The van der Waals surface area contributed by atoms with Gasteiger partial charge in [-0.25, -0.2) is 4.79 Å². The molecular formula is C21H23NO3. The predicted molar refractivity (Wildman–Crippen MR) is 91.7 cm³/mol. The highest BCUT2D eigenvalue weighted by atomic mass is 16.5. The normalized spacial score (nSPS) is 32.2. The van der Waals surface area contributed by atoms with Crippen LogP contribution in [0.4, 0.5) is 0 Å². The summed E-state index contributed by atoms with van der Waals surface area (Å²) in [5, 5.41) is 8.88. The van der Waals surface area contributed by atoms with Gasteiger partial charge in [0.25, 0.3) is 0 Å². The minimum Gasteiger partial charge on any atom is -0.454 e. The number of benzene rings is 1. The van der Waals surface area contributed by atoms with Gasteiger partial charge in [0.05, 0.1) is 18.1 Å². The molecule has 4 bridgehead atoms. The largest absolute Gasteiger partial charge is 0.454 e. The lowest BCUT2D eigenvalue weighted by Crippen LogP contribution is -2.51. The van der Waals surface area contributed by atoms with Crippen molar-refractivity contribution in [3.63, 3.8) is 0 Å². The monoisotopic (exact) mass is 337 g/mol. The van der Waals surface area contributed by atoms with Crippen LogP contribution in [0.3, 0.4) is 0 Å². The minimum absolute atomic E-state index is 0.109. The Morgan fingerprint density at radius 1 is 1.08 bits per heavy atom. The van der Waals surface area contributed by atoms with Crippen molar-refractivity contribution in [3.05, 3.63) is 35.4 Å². The molecule has 4 fully saturated rings. The Hall–Kier alpha value is -2.15. The Morgan fingerprint density at radius 3 is 2.28 bits per heavy atom. The number of ketones is 1. The summed E-state index contributed by atoms with van der Waals surface area (Å²) < 4.78 is 5.37. The molecule has 0 heterocycles. The van der Waals surface area contributed by atoms with E-state index < -0.39 is 5.97 Å². The van der Waals surface area contributed by atoms with E-state index in [0.717, 1.165) is 19.3 Å². The zero-order valence-electron chi connectivity index (χ0n) is 14.4. The molecule has 4 aliphatic rings. The molecule has 4 aliphatic carbocycles. The molecule has 0 atom stereocenters. The standard InChI is InChI=1S/C21H23NO3/c22-6-5-17-3-1-2-4-18(17)20(24)25-13-19(23)21-10-14-7-15(11-21)9-16(8-14)12-21/h1-4,14-16H,5,7-13H2. The fourth-order valence-electron chi connectivity index (χ4n) is 5.77. The van der Waals surface area contributed by atoms with Crippen LogP contribution < -0.4 is 0 Å². The van der Waals surface area contributed by atoms with Crippen LogP contribution in [0.2, 0.25) is 0 Å². The summed E-state index contributed by atoms with van der Waals surface area (Å²) in [6.07, 6.45) is 6.98. The van der Waals surface area contributed by atoms with E-state index in [4.69, 9.17) is 10.00 Å². The van der Waals surface area contributed by atoms with E-state index in [0.29, 0.717) is 28.9 Å². The molecule has 0 unspecified atom stereocenters. The molecule has 25 heavy (non-hydrogen) atoms. The smallest absolute Gasteiger partial charge is 0.338 e. The van der Waals surface area contributed by atoms with Crippen LogP contribution in [0.25, 0.3) is 0 Å². The van der Waals surface area contributed by atoms with Crippen molar-refractivity contribution in [2.45, 2.75) is 44.9 Å². The fourth-order valence-corrected chi connectivity index (χ4v) is 5.77. The van der Waals surface area contributed by atoms with Gasteiger partial charge in [-0.1, -0.05) is 18.2 Å². The van der Waals surface area contributed by atoms with Gasteiger partial charge in [0.15, 0.2) is 12.4 Å². The molecule has 0 amide bonds. The van der Waals surface area contributed by atoms with Crippen LogP contribution >= 0.6 is 0 Å². The molecule has 0 aromatic heterocycles. The molecule has 0 aliphatic heterocycles. The number of carbonyl (C=O) groups is 2. The van der Waals surface area contributed by atoms with Gasteiger partial charge >= 0.3 is 5.97 Å². The number of carbonyl (C=O) groups excluding carboxylic acids is 2. The average Bonchev–Trinajstić information content (AvgIpc) is 2.59. The van der Waals surface area contributed by atoms with Crippen molar-refractivity contribution in [2.24, 2.45) is 23.2 Å². The summed E-state index contributed by atoms with van der Waals surface area (Å²) in [7, 11) is 0. The molecule has 0 N–H and O–H groups in total. The van der Waals surface area contributed by atoms with Crippen molar-refractivity contribution in [1.82, 2.24) is 0 Å². The van der Waals surface area contributed by atoms with Gasteiger partial charge in [0.2, 0.25) is 0 Å². The number of esters is 1. The van der Waals surface area contributed by atoms with Crippen molar-refractivity contribution in [1.29, 1.82) is 5.26 Å². The first-order valence-electron chi connectivity index (χ1n) is 9.25. The highest BCUT2D eigenvalue weighted by Crippen LogP contribution is 2.60. The number of hydrogen-bond donors (Lipinski definition) is 0. The van der Waals surface area contributed by atoms with Crippen LogP contribution in [0.5, 0.6) is 0 Å². The molecule has 130 valence electrons. The quantitative estimate of drug-likeness (QED) is 0.769. The summed E-state index contributed by atoms with van der Waals surface area (Å²) in [6.45, 7) is -0.133. The van der Waals surface area contributed by atoms with E-state index in [2.05, 4.69) is 6.07 Å². The second-order valence-electron chi connectivity index (χ2n) is 8.19. The molecule has 1 aromatic rings. The van der Waals surface area contributed by atoms with E-state index in [1.165, 1.54) is 19.3 Å². The molecule has 1 aromatic carbocycles. The summed E-state index contributed by atoms with van der Waals surface area (Å²) >= 11 is 0. The molecule has 0 radical (unpaired) electrons. The SMILES string of the molecule is N#CCc1ccccc1C(=O)OCC(=O)C12CC3CC(CC(C3)C1)C2. The lowest BCUT2D eigenvalue weighted by atomic mass is 9.48. The Labute approximate surface area is 148 Å². The maximum absolute atomic E-state index is 12.9. The van der Waals surface area contributed by atoms with Crippen LogP contribution in [0.15, 0.2) is 24.3 Å². The van der Waals surface area contributed by atoms with Crippen molar-refractivity contribution < 1.29 is 14.3 Å². The lowest BCUT2D eigenvalue weighted by molar-refractivity contribution is -0.147. The average molecular weight is 337 g/mol. The van der Waals surface area contributed by atoms with Gasteiger partial charge in [-0.2, -0.15) is 5.26 Å². The van der Waals surface area contributed by atoms with Gasteiger partial charge in [-0.05, 0) is 67.9 Å². The van der Waals surface area contributed by atoms with Gasteiger partial charge < -0.3 is 4.74 Å². The van der Waals surface area contributed by atoms with Crippen molar-refractivity contribution in [2.75, 3.05) is 6.61 Å². The van der Waals surface area contributed by atoms with Crippen LogP contribution in [0.1, 0.15) is 54.4 Å². The molecule has 5 rings (SSSR count). The van der Waals surface area contributed by atoms with Gasteiger partial charge in [0.1, 0.15) is 0 Å². The van der Waals surface area contributed by atoms with Crippen LogP contribution in [-0.4, -0.2) is 18.4 Å². The van der Waals surface area contributed by atoms with Crippen LogP contribution in [-0.2, 0) is 16.0 Å². The third-order valence-electron chi connectivity index (χ3n) is 6.47. The van der Waals surface area contributed by atoms with Crippen molar-refractivity contribution >= 4 is 11.8 Å². The van der Waals surface area contributed by atoms with E-state index in [1.807, 2.05) is 0 Å². The molecule has 4 saturated carbocycles. The number of nitrogens with zero attached hydrogens (tertiary/aromatic N) is 1. The van der Waals surface area contributed by atoms with E-state index in [-0.39, 0.29) is 24.2 Å². The Balaban J connectivity index is 1.43. The number of nitriles is 1. The van der Waals surface area contributed by atoms with Crippen LogP contribution in [0, 0.1) is 34.5 Å². The highest BCUT2D eigenvalue weighted by molar-refractivity contribution is 5.94. The first-order chi connectivity index (χ1) is 12.1. The summed E-state index contributed by atoms with van der Waals surface area (Å²) in [4.78, 5) is 25.3. The number of rotatable bonds is 5. The zero-order valence-corrected chi connectivity index (χ0v) is 14.4. The molecule has 0 spiro atoms. The minimum atomic E-state index is -0.496. The zero-order chi connectivity index (χ0) is 17.4. The summed E-state index contributed by atoms with van der Waals surface area (Å²) in [6, 6.07) is 9.01. The second-order valence-corrected chi connectivity index (χ2v) is 8.19. The Morgan fingerprint density at radius 2 is 1.68 bits per heavy atom. The van der Waals surface area contributed by atoms with E-state index >= 15 is 0 Å². The predicted octanol–water partition coefficient (Wildman–Crippen LogP) is 3.69. The van der Waals surface area contributed by atoms with E-state index in [9.17, 15) is 9.59 Å². The first-order valence-corrected chi connectivity index (χ1v) is 9.25. The van der Waals surface area contributed by atoms with Gasteiger partial charge in [-0.3, -0.25) is 4.79 Å². The third-order valence-corrected chi connectivity index (χ3v) is 6.47. The summed E-state index contributed by atoms with van der Waals surface area (Å²) in [5.41, 5.74) is 0.806. The lowest BCUT2D eigenvalue weighted by Gasteiger charge is -2.55. The Kier molecular flexibility index (Phi) is 4.11. The number of hydrogen-bond acceptors (Lipinski definition) is 4. The second kappa shape index (κ2) is 6.29. The highest BCUT2D eigenvalue weighted by Gasteiger charge is 2.54. The molecule has 0 saturated heterocycles. The fraction of sp³-hybridized carbons (Fsp3) is 0.571. The van der Waals surface area contributed by atoms with Crippen molar-refractivity contribution in [3.8, 4) is 6.07 Å². The topological polar surface area (TPSA) is 67.2 Å². The molecule has 4 nitrogen and oxygen atoms in total. The molecular weight excluding hydrogens is 314 g/mol. The van der Waals surface area contributed by atoms with Gasteiger partial charge in [0, 0.05) is 5.41 Å².